The van der Waals surface area contributed by atoms with Gasteiger partial charge in [-0.15, -0.1) is 11.3 Å². The summed E-state index contributed by atoms with van der Waals surface area (Å²) in [6.45, 7) is 18.2. The third kappa shape index (κ3) is 12.7. The zero-order chi connectivity index (χ0) is 20.1. The standard InChI is InChI=1S/C14H17NOS.4C2H6/c1-2-14-12(15-10-17-14)8-4-3-6-11-7-5-9-13(11)16;4*1-2/h5-6,9-10H,2-4,7-8H2,1H3;4*1-2H3/b11-6+;;;;. The van der Waals surface area contributed by atoms with E-state index in [9.17, 15) is 4.79 Å². The number of thiazole rings is 1. The van der Waals surface area contributed by atoms with Gasteiger partial charge in [-0.25, -0.2) is 4.98 Å². The van der Waals surface area contributed by atoms with Crippen molar-refractivity contribution in [3.8, 4) is 0 Å². The van der Waals surface area contributed by atoms with Gasteiger partial charge in [-0.1, -0.05) is 74.5 Å². The van der Waals surface area contributed by atoms with Gasteiger partial charge in [0.15, 0.2) is 5.78 Å². The first kappa shape index (κ1) is 28.6. The van der Waals surface area contributed by atoms with Gasteiger partial charge in [-0.2, -0.15) is 0 Å². The van der Waals surface area contributed by atoms with Crippen molar-refractivity contribution in [2.45, 2.75) is 94.4 Å². The van der Waals surface area contributed by atoms with Crippen LogP contribution in [0.2, 0.25) is 0 Å². The van der Waals surface area contributed by atoms with Gasteiger partial charge in [-0.05, 0) is 43.8 Å². The number of hydrogen-bond donors (Lipinski definition) is 0. The third-order valence-corrected chi connectivity index (χ3v) is 4.00. The molecule has 0 radical (unpaired) electrons. The molecule has 0 N–H and O–H groups in total. The number of hydrogen-bond acceptors (Lipinski definition) is 3. The lowest BCUT2D eigenvalue weighted by molar-refractivity contribution is -0.111. The van der Waals surface area contributed by atoms with Crippen LogP contribution in [0.4, 0.5) is 0 Å². The van der Waals surface area contributed by atoms with E-state index in [4.69, 9.17) is 0 Å². The van der Waals surface area contributed by atoms with Gasteiger partial charge in [0.2, 0.25) is 0 Å². The second kappa shape index (κ2) is 22.8. The van der Waals surface area contributed by atoms with Gasteiger partial charge in [0.05, 0.1) is 11.2 Å². The van der Waals surface area contributed by atoms with E-state index in [-0.39, 0.29) is 5.78 Å². The highest BCUT2D eigenvalue weighted by Gasteiger charge is 2.09. The molecule has 0 spiro atoms. The number of ketones is 1. The normalized spacial score (nSPS) is 12.7. The molecule has 1 heterocycles. The highest BCUT2D eigenvalue weighted by Crippen LogP contribution is 2.18. The molecule has 2 rings (SSSR count). The van der Waals surface area contributed by atoms with Gasteiger partial charge < -0.3 is 0 Å². The molecule has 0 unspecified atom stereocenters. The summed E-state index contributed by atoms with van der Waals surface area (Å²) in [5, 5.41) is 0. The zero-order valence-corrected chi connectivity index (χ0v) is 18.9. The Balaban J connectivity index is -0.000000533. The second-order valence-electron chi connectivity index (χ2n) is 4.17. The van der Waals surface area contributed by atoms with Crippen molar-refractivity contribution >= 4 is 17.1 Å². The van der Waals surface area contributed by atoms with Gasteiger partial charge in [-0.3, -0.25) is 4.79 Å². The van der Waals surface area contributed by atoms with Crippen LogP contribution in [0, 0.1) is 0 Å². The quantitative estimate of drug-likeness (QED) is 0.396. The first-order valence-corrected chi connectivity index (χ1v) is 11.0. The lowest BCUT2D eigenvalue weighted by Crippen LogP contribution is -1.93. The monoisotopic (exact) mass is 367 g/mol. The van der Waals surface area contributed by atoms with Gasteiger partial charge in [0.25, 0.3) is 0 Å². The van der Waals surface area contributed by atoms with Crippen LogP contribution in [0.15, 0.2) is 29.3 Å². The Bertz CT molecular complexity index is 458. The number of carbonyl (C=O) groups excluding carboxylic acids is 1. The van der Waals surface area contributed by atoms with E-state index in [0.717, 1.165) is 37.7 Å². The van der Waals surface area contributed by atoms with Crippen LogP contribution in [0.5, 0.6) is 0 Å². The molecule has 146 valence electrons. The van der Waals surface area contributed by atoms with E-state index in [1.54, 1.807) is 17.4 Å². The minimum atomic E-state index is 0.188. The van der Waals surface area contributed by atoms with Gasteiger partial charge in [0.1, 0.15) is 0 Å². The third-order valence-electron chi connectivity index (χ3n) is 2.98. The lowest BCUT2D eigenvalue weighted by Gasteiger charge is -1.99. The molecule has 0 saturated heterocycles. The first-order valence-electron chi connectivity index (χ1n) is 10.1. The molecule has 3 heteroatoms. The van der Waals surface area contributed by atoms with Crippen LogP contribution in [0.25, 0.3) is 0 Å². The summed E-state index contributed by atoms with van der Waals surface area (Å²) in [7, 11) is 0. The van der Waals surface area contributed by atoms with E-state index in [1.165, 1.54) is 10.6 Å². The number of aromatic nitrogens is 1. The molecule has 0 aromatic carbocycles. The number of rotatable bonds is 5. The van der Waals surface area contributed by atoms with Crippen molar-refractivity contribution in [1.82, 2.24) is 4.98 Å². The fraction of sp³-hybridized carbons (Fsp3) is 0.636. The van der Waals surface area contributed by atoms with Crippen LogP contribution in [0.3, 0.4) is 0 Å². The molecule has 1 aromatic heterocycles. The van der Waals surface area contributed by atoms with Crippen molar-refractivity contribution in [2.24, 2.45) is 0 Å². The largest absolute Gasteiger partial charge is 0.290 e. The van der Waals surface area contributed by atoms with E-state index >= 15 is 0 Å². The van der Waals surface area contributed by atoms with Crippen LogP contribution in [-0.2, 0) is 17.6 Å². The Hall–Kier alpha value is -1.22. The fourth-order valence-electron chi connectivity index (χ4n) is 2.02. The summed E-state index contributed by atoms with van der Waals surface area (Å²) < 4.78 is 0. The summed E-state index contributed by atoms with van der Waals surface area (Å²) >= 11 is 1.74. The minimum absolute atomic E-state index is 0.188. The van der Waals surface area contributed by atoms with Crippen LogP contribution in [-0.4, -0.2) is 10.8 Å². The summed E-state index contributed by atoms with van der Waals surface area (Å²) in [5.41, 5.74) is 4.13. The molecule has 1 aliphatic rings. The molecule has 0 saturated carbocycles. The molecule has 1 aliphatic carbocycles. The molecular weight excluding hydrogens is 326 g/mol. The van der Waals surface area contributed by atoms with E-state index in [1.807, 2.05) is 67.0 Å². The predicted molar refractivity (Wildman–Crippen MR) is 117 cm³/mol. The SMILES string of the molecule is CC.CC.CC.CC.CCc1scnc1CCC/C=C1\CC=CC1=O. The predicted octanol–water partition coefficient (Wildman–Crippen LogP) is 7.59. The Morgan fingerprint density at radius 2 is 1.68 bits per heavy atom. The maximum atomic E-state index is 11.3. The maximum absolute atomic E-state index is 11.3. The average Bonchev–Trinajstić information content (AvgIpc) is 3.34. The smallest absolute Gasteiger partial charge is 0.181 e. The van der Waals surface area contributed by atoms with E-state index in [0.29, 0.717) is 0 Å². The van der Waals surface area contributed by atoms with Crippen LogP contribution < -0.4 is 0 Å². The molecular formula is C22H41NOS. The molecule has 0 atom stereocenters. The van der Waals surface area contributed by atoms with Crippen molar-refractivity contribution in [2.75, 3.05) is 0 Å². The number of carbonyl (C=O) groups is 1. The summed E-state index contributed by atoms with van der Waals surface area (Å²) in [6.07, 6.45) is 10.7. The first-order chi connectivity index (χ1) is 12.3. The van der Waals surface area contributed by atoms with E-state index < -0.39 is 0 Å². The molecule has 0 amide bonds. The molecule has 25 heavy (non-hydrogen) atoms. The van der Waals surface area contributed by atoms with Crippen molar-refractivity contribution in [3.05, 3.63) is 39.9 Å². The Labute approximate surface area is 161 Å². The number of aryl methyl sites for hydroxylation is 2. The Morgan fingerprint density at radius 1 is 1.08 bits per heavy atom. The molecule has 2 nitrogen and oxygen atoms in total. The Morgan fingerprint density at radius 3 is 2.16 bits per heavy atom. The molecule has 1 aromatic rings. The number of unbranched alkanes of at least 4 members (excludes halogenated alkanes) is 1. The van der Waals surface area contributed by atoms with Crippen LogP contribution >= 0.6 is 11.3 Å². The highest BCUT2D eigenvalue weighted by atomic mass is 32.1. The summed E-state index contributed by atoms with van der Waals surface area (Å²) in [5.74, 6) is 0.188. The maximum Gasteiger partial charge on any atom is 0.181 e. The lowest BCUT2D eigenvalue weighted by atomic mass is 10.1. The van der Waals surface area contributed by atoms with Crippen molar-refractivity contribution in [1.29, 1.82) is 0 Å². The number of allylic oxidation sites excluding steroid dienone is 4. The molecule has 0 fully saturated rings. The topological polar surface area (TPSA) is 30.0 Å². The zero-order valence-electron chi connectivity index (χ0n) is 18.1. The molecule has 0 bridgehead atoms. The Kier molecular flexibility index (Phi) is 26.0. The number of nitrogens with zero attached hydrogens (tertiary/aromatic N) is 1. The second-order valence-corrected chi connectivity index (χ2v) is 5.11. The fourth-order valence-corrected chi connectivity index (χ4v) is 2.78. The highest BCUT2D eigenvalue weighted by molar-refractivity contribution is 7.09. The van der Waals surface area contributed by atoms with Gasteiger partial charge in [0, 0.05) is 4.88 Å². The summed E-state index contributed by atoms with van der Waals surface area (Å²) in [4.78, 5) is 17.1. The van der Waals surface area contributed by atoms with Crippen LogP contribution in [0.1, 0.15) is 92.1 Å². The molecule has 0 aliphatic heterocycles. The summed E-state index contributed by atoms with van der Waals surface area (Å²) in [6, 6.07) is 0. The minimum Gasteiger partial charge on any atom is -0.290 e. The van der Waals surface area contributed by atoms with Crippen molar-refractivity contribution < 1.29 is 4.79 Å². The van der Waals surface area contributed by atoms with E-state index in [2.05, 4.69) is 18.0 Å². The van der Waals surface area contributed by atoms with Gasteiger partial charge >= 0.3 is 0 Å². The van der Waals surface area contributed by atoms with Crippen molar-refractivity contribution in [3.63, 3.8) is 0 Å². The average molecular weight is 368 g/mol.